The van der Waals surface area contributed by atoms with Gasteiger partial charge in [-0.2, -0.15) is 0 Å². The fourth-order valence-corrected chi connectivity index (χ4v) is 5.29. The second-order valence-corrected chi connectivity index (χ2v) is 9.61. The molecule has 0 unspecified atom stereocenters. The molecule has 1 saturated carbocycles. The minimum atomic E-state index is -0.729. The first-order valence-corrected chi connectivity index (χ1v) is 12.0. The molecular weight excluding hydrogens is 429 g/mol. The molecule has 0 bridgehead atoms. The Labute approximate surface area is 199 Å². The number of methoxy groups -OCH3 is 1. The summed E-state index contributed by atoms with van der Waals surface area (Å²) in [4.78, 5) is 11.7. The van der Waals surface area contributed by atoms with Gasteiger partial charge in [0.15, 0.2) is 0 Å². The lowest BCUT2D eigenvalue weighted by molar-refractivity contribution is -0.142. The average molecular weight is 460 g/mol. The number of aryl methyl sites for hydroxylation is 1. The van der Waals surface area contributed by atoms with Crippen molar-refractivity contribution in [3.8, 4) is 16.9 Å². The molecule has 3 atom stereocenters. The summed E-state index contributed by atoms with van der Waals surface area (Å²) in [6.07, 6.45) is 4.14. The highest BCUT2D eigenvalue weighted by molar-refractivity contribution is 5.71. The van der Waals surface area contributed by atoms with Crippen LogP contribution >= 0.6 is 0 Å². The zero-order valence-corrected chi connectivity index (χ0v) is 19.6. The van der Waals surface area contributed by atoms with Crippen LogP contribution in [0.25, 0.3) is 11.1 Å². The van der Waals surface area contributed by atoms with E-state index in [0.29, 0.717) is 17.2 Å². The molecule has 1 fully saturated rings. The molecule has 2 aliphatic rings. The maximum Gasteiger partial charge on any atom is 0.306 e. The van der Waals surface area contributed by atoms with Crippen molar-refractivity contribution in [3.05, 3.63) is 83.2 Å². The molecule has 3 aromatic carbocycles. The number of ether oxygens (including phenoxy) is 1. The van der Waals surface area contributed by atoms with E-state index in [9.17, 15) is 14.3 Å². The van der Waals surface area contributed by atoms with Crippen molar-refractivity contribution in [2.24, 2.45) is 11.8 Å². The van der Waals surface area contributed by atoms with Crippen LogP contribution in [-0.4, -0.2) is 18.2 Å². The molecule has 0 amide bonds. The molecule has 3 aromatic rings. The SMILES string of the molecule is COc1ccc(F)c(-c2ccc([C@H]3CCc4ccc([C@H](C5CC5)[C@H](C)C(=O)O)cc4N3)cc2)c1. The summed E-state index contributed by atoms with van der Waals surface area (Å²) < 4.78 is 19.6. The van der Waals surface area contributed by atoms with Crippen molar-refractivity contribution in [1.29, 1.82) is 0 Å². The maximum atomic E-state index is 14.4. The Kier molecular flexibility index (Phi) is 6.03. The van der Waals surface area contributed by atoms with Gasteiger partial charge in [-0.15, -0.1) is 0 Å². The Hall–Kier alpha value is -3.34. The summed E-state index contributed by atoms with van der Waals surface area (Å²) in [5.74, 6) is -0.243. The number of hydrogen-bond acceptors (Lipinski definition) is 3. The van der Waals surface area contributed by atoms with E-state index in [2.05, 4.69) is 35.6 Å². The highest BCUT2D eigenvalue weighted by Gasteiger charge is 2.39. The van der Waals surface area contributed by atoms with Gasteiger partial charge in [-0.25, -0.2) is 4.39 Å². The normalized spacial score (nSPS) is 19.0. The molecule has 5 rings (SSSR count). The molecule has 4 nitrogen and oxygen atoms in total. The third-order valence-electron chi connectivity index (χ3n) is 7.41. The highest BCUT2D eigenvalue weighted by atomic mass is 19.1. The third kappa shape index (κ3) is 4.39. The first kappa shape index (κ1) is 22.5. The van der Waals surface area contributed by atoms with Crippen LogP contribution in [0, 0.1) is 17.7 Å². The Balaban J connectivity index is 1.37. The van der Waals surface area contributed by atoms with Gasteiger partial charge in [0, 0.05) is 11.3 Å². The molecule has 1 aliphatic heterocycles. The van der Waals surface area contributed by atoms with Crippen LogP contribution in [-0.2, 0) is 11.2 Å². The lowest BCUT2D eigenvalue weighted by atomic mass is 9.82. The van der Waals surface area contributed by atoms with E-state index in [1.165, 1.54) is 11.6 Å². The molecule has 0 saturated heterocycles. The predicted molar refractivity (Wildman–Crippen MR) is 132 cm³/mol. The van der Waals surface area contributed by atoms with Crippen LogP contribution in [0.4, 0.5) is 10.1 Å². The van der Waals surface area contributed by atoms with E-state index in [4.69, 9.17) is 4.74 Å². The molecule has 2 N–H and O–H groups in total. The van der Waals surface area contributed by atoms with Crippen molar-refractivity contribution in [1.82, 2.24) is 0 Å². The topological polar surface area (TPSA) is 58.6 Å². The maximum absolute atomic E-state index is 14.4. The van der Waals surface area contributed by atoms with Crippen molar-refractivity contribution in [2.75, 3.05) is 12.4 Å². The monoisotopic (exact) mass is 459 g/mol. The Bertz CT molecular complexity index is 1200. The van der Waals surface area contributed by atoms with Crippen molar-refractivity contribution in [3.63, 3.8) is 0 Å². The number of fused-ring (bicyclic) bond motifs is 1. The molecule has 0 radical (unpaired) electrons. The summed E-state index contributed by atoms with van der Waals surface area (Å²) in [5.41, 5.74) is 5.98. The Morgan fingerprint density at radius 3 is 2.50 bits per heavy atom. The molecule has 1 heterocycles. The fraction of sp³-hybridized carbons (Fsp3) is 0.345. The summed E-state index contributed by atoms with van der Waals surface area (Å²) in [7, 11) is 1.58. The summed E-state index contributed by atoms with van der Waals surface area (Å²) in [6.45, 7) is 1.83. The number of hydrogen-bond donors (Lipinski definition) is 2. The largest absolute Gasteiger partial charge is 0.497 e. The van der Waals surface area contributed by atoms with Crippen LogP contribution in [0.2, 0.25) is 0 Å². The first-order valence-electron chi connectivity index (χ1n) is 12.0. The number of anilines is 1. The van der Waals surface area contributed by atoms with Crippen molar-refractivity contribution < 1.29 is 19.0 Å². The van der Waals surface area contributed by atoms with Crippen LogP contribution < -0.4 is 10.1 Å². The van der Waals surface area contributed by atoms with Crippen LogP contribution in [0.5, 0.6) is 5.75 Å². The van der Waals surface area contributed by atoms with Gasteiger partial charge in [0.2, 0.25) is 0 Å². The lowest BCUT2D eigenvalue weighted by Gasteiger charge is -2.30. The number of aliphatic carboxylic acids is 1. The summed E-state index contributed by atoms with van der Waals surface area (Å²) in [6, 6.07) is 19.4. The average Bonchev–Trinajstić information content (AvgIpc) is 3.69. The number of halogens is 1. The van der Waals surface area contributed by atoms with Gasteiger partial charge in [0.25, 0.3) is 0 Å². The molecule has 5 heteroatoms. The van der Waals surface area contributed by atoms with Gasteiger partial charge in [-0.1, -0.05) is 43.3 Å². The van der Waals surface area contributed by atoms with E-state index in [0.717, 1.165) is 48.1 Å². The van der Waals surface area contributed by atoms with Gasteiger partial charge in [0.1, 0.15) is 11.6 Å². The van der Waals surface area contributed by atoms with Gasteiger partial charge < -0.3 is 15.2 Å². The number of rotatable bonds is 7. The third-order valence-corrected chi connectivity index (χ3v) is 7.41. The zero-order chi connectivity index (χ0) is 23.8. The molecule has 0 aromatic heterocycles. The smallest absolute Gasteiger partial charge is 0.306 e. The molecule has 0 spiro atoms. The van der Waals surface area contributed by atoms with E-state index in [1.54, 1.807) is 19.2 Å². The predicted octanol–water partition coefficient (Wildman–Crippen LogP) is 6.82. The first-order chi connectivity index (χ1) is 16.4. The fourth-order valence-electron chi connectivity index (χ4n) is 5.29. The molecule has 34 heavy (non-hydrogen) atoms. The van der Waals surface area contributed by atoms with Crippen LogP contribution in [0.15, 0.2) is 60.7 Å². The van der Waals surface area contributed by atoms with Crippen LogP contribution in [0.3, 0.4) is 0 Å². The number of benzene rings is 3. The second-order valence-electron chi connectivity index (χ2n) is 9.61. The van der Waals surface area contributed by atoms with E-state index >= 15 is 0 Å². The molecular formula is C29H30FNO3. The summed E-state index contributed by atoms with van der Waals surface area (Å²) >= 11 is 0. The zero-order valence-electron chi connectivity index (χ0n) is 19.6. The second kappa shape index (κ2) is 9.13. The minimum Gasteiger partial charge on any atom is -0.497 e. The minimum absolute atomic E-state index is 0.0574. The molecule has 1 aliphatic carbocycles. The number of carboxylic acid groups (broad SMARTS) is 1. The standard InChI is InChI=1S/C29H30FNO3/c1-17(29(32)33)28(21-8-9-21)22-10-7-20-11-14-26(31-27(20)15-22)19-5-3-18(4-6-19)24-16-23(34-2)12-13-25(24)30/h3-7,10,12-13,15-17,21,26,28,31H,8-9,11,14H2,1-2H3,(H,32,33)/t17-,26+,28-/m0/s1. The quantitative estimate of drug-likeness (QED) is 0.407. The highest BCUT2D eigenvalue weighted by Crippen LogP contribution is 2.48. The lowest BCUT2D eigenvalue weighted by Crippen LogP contribution is -2.22. The van der Waals surface area contributed by atoms with Crippen molar-refractivity contribution >= 4 is 11.7 Å². The number of carboxylic acids is 1. The molecule has 176 valence electrons. The Morgan fingerprint density at radius 2 is 1.82 bits per heavy atom. The van der Waals surface area contributed by atoms with Crippen molar-refractivity contribution in [2.45, 2.75) is 44.6 Å². The van der Waals surface area contributed by atoms with Crippen LogP contribution in [0.1, 0.15) is 54.8 Å². The number of nitrogens with one attached hydrogen (secondary N) is 1. The summed E-state index contributed by atoms with van der Waals surface area (Å²) in [5, 5.41) is 13.3. The van der Waals surface area contributed by atoms with Gasteiger partial charge in [-0.05, 0) is 84.0 Å². The van der Waals surface area contributed by atoms with Gasteiger partial charge in [0.05, 0.1) is 19.1 Å². The van der Waals surface area contributed by atoms with Gasteiger partial charge >= 0.3 is 5.97 Å². The van der Waals surface area contributed by atoms with Gasteiger partial charge in [-0.3, -0.25) is 4.79 Å². The Morgan fingerprint density at radius 1 is 1.06 bits per heavy atom. The van der Waals surface area contributed by atoms with E-state index in [1.807, 2.05) is 19.1 Å². The van der Waals surface area contributed by atoms with E-state index < -0.39 is 11.9 Å². The van der Waals surface area contributed by atoms with E-state index in [-0.39, 0.29) is 17.8 Å². The number of carbonyl (C=O) groups is 1.